The maximum absolute atomic E-state index is 12.5. The standard InChI is InChI=1S/C17H26N6O2S/c1-5-23-16(8-9-18-23)15-11-13(2)19-17(20-15)14-7-6-10-22(12-14)26(24,25)21(3)4/h8-9,11,14H,5-7,10,12H2,1-4H3/t14-/m0/s1. The average Bonchev–Trinajstić information content (AvgIpc) is 3.10. The molecule has 8 nitrogen and oxygen atoms in total. The molecule has 2 aromatic rings. The van der Waals surface area contributed by atoms with Crippen molar-refractivity contribution in [2.75, 3.05) is 27.2 Å². The van der Waals surface area contributed by atoms with E-state index in [2.05, 4.69) is 10.1 Å². The van der Waals surface area contributed by atoms with Crippen LogP contribution in [0.5, 0.6) is 0 Å². The monoisotopic (exact) mass is 378 g/mol. The van der Waals surface area contributed by atoms with Crippen molar-refractivity contribution in [1.82, 2.24) is 28.4 Å². The zero-order chi connectivity index (χ0) is 18.9. The number of hydrogen-bond donors (Lipinski definition) is 0. The molecule has 1 saturated heterocycles. The summed E-state index contributed by atoms with van der Waals surface area (Å²) in [6.45, 7) is 5.70. The molecular formula is C17H26N6O2S. The lowest BCUT2D eigenvalue weighted by Gasteiger charge is -2.32. The lowest BCUT2D eigenvalue weighted by Crippen LogP contribution is -2.45. The minimum atomic E-state index is -3.42. The van der Waals surface area contributed by atoms with Crippen molar-refractivity contribution in [2.45, 2.75) is 39.2 Å². The highest BCUT2D eigenvalue weighted by Gasteiger charge is 2.32. The van der Waals surface area contributed by atoms with E-state index in [1.807, 2.05) is 30.7 Å². The molecule has 0 aliphatic carbocycles. The normalized spacial score (nSPS) is 19.2. The summed E-state index contributed by atoms with van der Waals surface area (Å²) in [7, 11) is -0.295. The number of hydrogen-bond acceptors (Lipinski definition) is 5. The Labute approximate surface area is 155 Å². The lowest BCUT2D eigenvalue weighted by atomic mass is 9.98. The maximum atomic E-state index is 12.5. The molecule has 0 radical (unpaired) electrons. The van der Waals surface area contributed by atoms with Crippen molar-refractivity contribution in [2.24, 2.45) is 0 Å². The van der Waals surface area contributed by atoms with Crippen molar-refractivity contribution in [3.05, 3.63) is 29.8 Å². The van der Waals surface area contributed by atoms with Crippen LogP contribution in [0.3, 0.4) is 0 Å². The third-order valence-corrected chi connectivity index (χ3v) is 6.59. The van der Waals surface area contributed by atoms with Crippen LogP contribution in [0.15, 0.2) is 18.3 Å². The fourth-order valence-electron chi connectivity index (χ4n) is 3.30. The summed E-state index contributed by atoms with van der Waals surface area (Å²) in [6.07, 6.45) is 3.45. The zero-order valence-electron chi connectivity index (χ0n) is 15.8. The highest BCUT2D eigenvalue weighted by molar-refractivity contribution is 7.86. The summed E-state index contributed by atoms with van der Waals surface area (Å²) in [6, 6.07) is 3.89. The Bertz CT molecular complexity index is 877. The molecule has 0 bridgehead atoms. The van der Waals surface area contributed by atoms with Crippen LogP contribution < -0.4 is 0 Å². The highest BCUT2D eigenvalue weighted by atomic mass is 32.2. The van der Waals surface area contributed by atoms with E-state index in [9.17, 15) is 8.42 Å². The number of aromatic nitrogens is 4. The third-order valence-electron chi connectivity index (χ3n) is 4.69. The largest absolute Gasteiger partial charge is 0.281 e. The van der Waals surface area contributed by atoms with Gasteiger partial charge in [-0.25, -0.2) is 9.97 Å². The van der Waals surface area contributed by atoms with E-state index in [1.165, 1.54) is 8.61 Å². The Morgan fingerprint density at radius 1 is 1.31 bits per heavy atom. The first-order chi connectivity index (χ1) is 12.3. The second-order valence-corrected chi connectivity index (χ2v) is 8.91. The van der Waals surface area contributed by atoms with Crippen LogP contribution in [0.2, 0.25) is 0 Å². The van der Waals surface area contributed by atoms with E-state index in [0.717, 1.165) is 36.5 Å². The van der Waals surface area contributed by atoms with Gasteiger partial charge in [0.1, 0.15) is 5.82 Å². The first-order valence-corrected chi connectivity index (χ1v) is 10.3. The minimum absolute atomic E-state index is 0.00452. The molecular weight excluding hydrogens is 352 g/mol. The molecule has 0 amide bonds. The maximum Gasteiger partial charge on any atom is 0.281 e. The van der Waals surface area contributed by atoms with Gasteiger partial charge in [-0.2, -0.15) is 22.1 Å². The molecule has 0 N–H and O–H groups in total. The molecule has 2 aromatic heterocycles. The van der Waals surface area contributed by atoms with Crippen molar-refractivity contribution in [1.29, 1.82) is 0 Å². The van der Waals surface area contributed by atoms with Crippen molar-refractivity contribution in [3.63, 3.8) is 0 Å². The Morgan fingerprint density at radius 2 is 2.08 bits per heavy atom. The molecule has 0 spiro atoms. The van der Waals surface area contributed by atoms with Gasteiger partial charge in [-0.15, -0.1) is 0 Å². The smallest absolute Gasteiger partial charge is 0.264 e. The predicted molar refractivity (Wildman–Crippen MR) is 99.8 cm³/mol. The van der Waals surface area contributed by atoms with Gasteiger partial charge in [-0.05, 0) is 38.8 Å². The van der Waals surface area contributed by atoms with Crippen LogP contribution in [0.25, 0.3) is 11.4 Å². The van der Waals surface area contributed by atoms with E-state index in [0.29, 0.717) is 18.9 Å². The first-order valence-electron chi connectivity index (χ1n) is 8.88. The number of rotatable bonds is 5. The molecule has 1 atom stereocenters. The number of piperidine rings is 1. The third kappa shape index (κ3) is 3.65. The Hall–Kier alpha value is -1.84. The summed E-state index contributed by atoms with van der Waals surface area (Å²) in [4.78, 5) is 9.37. The Kier molecular flexibility index (Phi) is 5.40. The summed E-state index contributed by atoms with van der Waals surface area (Å²) in [5, 5.41) is 4.31. The SMILES string of the molecule is CCn1nccc1-c1cc(C)nc([C@H]2CCCN(S(=O)(=O)N(C)C)C2)n1. The first kappa shape index (κ1) is 18.9. The second-order valence-electron chi connectivity index (χ2n) is 6.77. The topological polar surface area (TPSA) is 84.2 Å². The fraction of sp³-hybridized carbons (Fsp3) is 0.588. The van der Waals surface area contributed by atoms with E-state index < -0.39 is 10.2 Å². The molecule has 3 heterocycles. The van der Waals surface area contributed by atoms with Crippen LogP contribution >= 0.6 is 0 Å². The zero-order valence-corrected chi connectivity index (χ0v) is 16.6. The van der Waals surface area contributed by atoms with E-state index in [1.54, 1.807) is 20.3 Å². The van der Waals surface area contributed by atoms with Crippen LogP contribution in [-0.2, 0) is 16.8 Å². The Morgan fingerprint density at radius 3 is 2.77 bits per heavy atom. The predicted octanol–water partition coefficient (Wildman–Crippen LogP) is 1.65. The molecule has 1 aliphatic heterocycles. The van der Waals surface area contributed by atoms with Crippen LogP contribution in [-0.4, -0.2) is 64.0 Å². The minimum Gasteiger partial charge on any atom is -0.264 e. The summed E-state index contributed by atoms with van der Waals surface area (Å²) in [5.41, 5.74) is 2.66. The van der Waals surface area contributed by atoms with Gasteiger partial charge in [0.25, 0.3) is 10.2 Å². The Balaban J connectivity index is 1.92. The van der Waals surface area contributed by atoms with Gasteiger partial charge in [0.15, 0.2) is 0 Å². The molecule has 0 saturated carbocycles. The average molecular weight is 379 g/mol. The molecule has 26 heavy (non-hydrogen) atoms. The lowest BCUT2D eigenvalue weighted by molar-refractivity contribution is 0.293. The summed E-state index contributed by atoms with van der Waals surface area (Å²) >= 11 is 0. The molecule has 1 fully saturated rings. The van der Waals surface area contributed by atoms with Gasteiger partial charge in [0, 0.05) is 51.5 Å². The van der Waals surface area contributed by atoms with Crippen LogP contribution in [0.1, 0.15) is 37.2 Å². The van der Waals surface area contributed by atoms with Gasteiger partial charge < -0.3 is 0 Å². The number of aryl methyl sites for hydroxylation is 2. The van der Waals surface area contributed by atoms with E-state index in [4.69, 9.17) is 4.98 Å². The molecule has 0 unspecified atom stereocenters. The van der Waals surface area contributed by atoms with Crippen LogP contribution in [0, 0.1) is 6.92 Å². The molecule has 9 heteroatoms. The van der Waals surface area contributed by atoms with Gasteiger partial charge in [-0.1, -0.05) is 0 Å². The highest BCUT2D eigenvalue weighted by Crippen LogP contribution is 2.28. The summed E-state index contributed by atoms with van der Waals surface area (Å²) < 4.78 is 29.6. The summed E-state index contributed by atoms with van der Waals surface area (Å²) in [5.74, 6) is 0.706. The van der Waals surface area contributed by atoms with Crippen LogP contribution in [0.4, 0.5) is 0 Å². The van der Waals surface area contributed by atoms with Crippen molar-refractivity contribution < 1.29 is 8.42 Å². The molecule has 142 valence electrons. The second kappa shape index (κ2) is 7.42. The van der Waals surface area contributed by atoms with Gasteiger partial charge in [0.05, 0.1) is 11.4 Å². The quantitative estimate of drug-likeness (QED) is 0.790. The van der Waals surface area contributed by atoms with Gasteiger partial charge in [-0.3, -0.25) is 4.68 Å². The van der Waals surface area contributed by atoms with Crippen molar-refractivity contribution >= 4 is 10.2 Å². The van der Waals surface area contributed by atoms with Crippen molar-refractivity contribution in [3.8, 4) is 11.4 Å². The molecule has 0 aromatic carbocycles. The number of nitrogens with zero attached hydrogens (tertiary/aromatic N) is 6. The van der Waals surface area contributed by atoms with E-state index in [-0.39, 0.29) is 5.92 Å². The van der Waals surface area contributed by atoms with Gasteiger partial charge >= 0.3 is 0 Å². The molecule has 3 rings (SSSR count). The fourth-order valence-corrected chi connectivity index (χ4v) is 4.49. The molecule has 1 aliphatic rings. The van der Waals surface area contributed by atoms with E-state index >= 15 is 0 Å². The van der Waals surface area contributed by atoms with Gasteiger partial charge in [0.2, 0.25) is 0 Å².